The molecule has 0 spiro atoms. The SMILES string of the molecule is CN(C)S(=O)(=O)c1ccc(-c2nnc(C(=O)NC3CCCC3)o2)cc1. The molecule has 8 nitrogen and oxygen atoms in total. The zero-order valence-corrected chi connectivity index (χ0v) is 14.9. The zero-order valence-electron chi connectivity index (χ0n) is 14.1. The van der Waals surface area contributed by atoms with Crippen molar-refractivity contribution in [2.24, 2.45) is 0 Å². The molecule has 1 aliphatic carbocycles. The van der Waals surface area contributed by atoms with Gasteiger partial charge in [-0.2, -0.15) is 0 Å². The Hall–Kier alpha value is -2.26. The Morgan fingerprint density at radius 1 is 1.16 bits per heavy atom. The van der Waals surface area contributed by atoms with Crippen molar-refractivity contribution in [1.82, 2.24) is 19.8 Å². The quantitative estimate of drug-likeness (QED) is 0.865. The van der Waals surface area contributed by atoms with Crippen molar-refractivity contribution in [2.45, 2.75) is 36.6 Å². The molecule has 1 aromatic heterocycles. The molecule has 0 bridgehead atoms. The Labute approximate surface area is 146 Å². The van der Waals surface area contributed by atoms with Crippen LogP contribution in [0.25, 0.3) is 11.5 Å². The fraction of sp³-hybridized carbons (Fsp3) is 0.438. The molecule has 1 aromatic carbocycles. The van der Waals surface area contributed by atoms with Gasteiger partial charge in [0.1, 0.15) is 0 Å². The maximum atomic E-state index is 12.1. The summed E-state index contributed by atoms with van der Waals surface area (Å²) < 4.78 is 30.7. The van der Waals surface area contributed by atoms with E-state index in [2.05, 4.69) is 15.5 Å². The van der Waals surface area contributed by atoms with Crippen molar-refractivity contribution in [3.05, 3.63) is 30.2 Å². The van der Waals surface area contributed by atoms with Gasteiger partial charge in [-0.3, -0.25) is 4.79 Å². The molecule has 0 aliphatic heterocycles. The number of carbonyl (C=O) groups excluding carboxylic acids is 1. The first kappa shape index (κ1) is 17.6. The second kappa shape index (κ2) is 6.93. The summed E-state index contributed by atoms with van der Waals surface area (Å²) in [5.74, 6) is -0.297. The van der Waals surface area contributed by atoms with Crippen molar-refractivity contribution in [3.63, 3.8) is 0 Å². The number of carbonyl (C=O) groups is 1. The Balaban J connectivity index is 1.75. The highest BCUT2D eigenvalue weighted by atomic mass is 32.2. The average molecular weight is 364 g/mol. The van der Waals surface area contributed by atoms with Crippen LogP contribution in [-0.2, 0) is 10.0 Å². The predicted molar refractivity (Wildman–Crippen MR) is 90.3 cm³/mol. The topological polar surface area (TPSA) is 105 Å². The number of amides is 1. The highest BCUT2D eigenvalue weighted by Gasteiger charge is 2.22. The fourth-order valence-electron chi connectivity index (χ4n) is 2.73. The molecule has 0 radical (unpaired) electrons. The number of nitrogens with zero attached hydrogens (tertiary/aromatic N) is 3. The van der Waals surface area contributed by atoms with Gasteiger partial charge in [0.15, 0.2) is 0 Å². The molecule has 0 unspecified atom stereocenters. The maximum Gasteiger partial charge on any atom is 0.309 e. The van der Waals surface area contributed by atoms with Gasteiger partial charge in [0, 0.05) is 25.7 Å². The van der Waals surface area contributed by atoms with E-state index in [1.54, 1.807) is 12.1 Å². The molecule has 1 aliphatic rings. The van der Waals surface area contributed by atoms with Gasteiger partial charge in [-0.15, -0.1) is 10.2 Å². The van der Waals surface area contributed by atoms with Gasteiger partial charge in [-0.05, 0) is 37.1 Å². The molecule has 9 heteroatoms. The molecule has 1 fully saturated rings. The Morgan fingerprint density at radius 2 is 1.80 bits per heavy atom. The minimum Gasteiger partial charge on any atom is -0.412 e. The van der Waals surface area contributed by atoms with Gasteiger partial charge in [0.2, 0.25) is 15.9 Å². The molecule has 1 heterocycles. The summed E-state index contributed by atoms with van der Waals surface area (Å²) in [4.78, 5) is 12.3. The van der Waals surface area contributed by atoms with Gasteiger partial charge in [0.25, 0.3) is 0 Å². The first-order valence-electron chi connectivity index (χ1n) is 8.05. The van der Waals surface area contributed by atoms with Crippen LogP contribution >= 0.6 is 0 Å². The van der Waals surface area contributed by atoms with Gasteiger partial charge >= 0.3 is 11.8 Å². The van der Waals surface area contributed by atoms with Crippen LogP contribution in [0.3, 0.4) is 0 Å². The molecule has 1 amide bonds. The second-order valence-corrected chi connectivity index (χ2v) is 8.33. The number of hydrogen-bond donors (Lipinski definition) is 1. The summed E-state index contributed by atoms with van der Waals surface area (Å²) in [6.45, 7) is 0. The highest BCUT2D eigenvalue weighted by Crippen LogP contribution is 2.22. The van der Waals surface area contributed by atoms with Crippen LogP contribution in [-0.4, -0.2) is 49.0 Å². The third-order valence-corrected chi connectivity index (χ3v) is 6.02. The number of hydrogen-bond acceptors (Lipinski definition) is 6. The Bertz CT molecular complexity index is 853. The molecular formula is C16H20N4O4S. The van der Waals surface area contributed by atoms with Crippen molar-refractivity contribution in [2.75, 3.05) is 14.1 Å². The van der Waals surface area contributed by atoms with E-state index in [1.807, 2.05) is 0 Å². The summed E-state index contributed by atoms with van der Waals surface area (Å²) in [7, 11) is -0.557. The lowest BCUT2D eigenvalue weighted by atomic mass is 10.2. The standard InChI is InChI=1S/C16H20N4O4S/c1-20(2)25(22,23)13-9-7-11(8-10-13)15-18-19-16(24-15)14(21)17-12-5-3-4-6-12/h7-10,12H,3-6H2,1-2H3,(H,17,21). The third-order valence-electron chi connectivity index (χ3n) is 4.19. The molecule has 3 rings (SSSR count). The number of sulfonamides is 1. The first-order chi connectivity index (χ1) is 11.9. The molecule has 25 heavy (non-hydrogen) atoms. The summed E-state index contributed by atoms with van der Waals surface area (Å²) in [6.07, 6.45) is 4.16. The third kappa shape index (κ3) is 3.72. The van der Waals surface area contributed by atoms with Crippen molar-refractivity contribution < 1.29 is 17.6 Å². The lowest BCUT2D eigenvalue weighted by molar-refractivity contribution is 0.0903. The van der Waals surface area contributed by atoms with E-state index in [9.17, 15) is 13.2 Å². The van der Waals surface area contributed by atoms with Gasteiger partial charge in [-0.1, -0.05) is 12.8 Å². The van der Waals surface area contributed by atoms with Crippen LogP contribution in [0.1, 0.15) is 36.4 Å². The lowest BCUT2D eigenvalue weighted by Gasteiger charge is -2.11. The summed E-state index contributed by atoms with van der Waals surface area (Å²) in [5, 5.41) is 10.5. The highest BCUT2D eigenvalue weighted by molar-refractivity contribution is 7.89. The van der Waals surface area contributed by atoms with E-state index in [-0.39, 0.29) is 28.6 Å². The van der Waals surface area contributed by atoms with E-state index >= 15 is 0 Å². The van der Waals surface area contributed by atoms with Crippen LogP contribution in [0.4, 0.5) is 0 Å². The lowest BCUT2D eigenvalue weighted by Crippen LogP contribution is -2.32. The van der Waals surface area contributed by atoms with Crippen molar-refractivity contribution >= 4 is 15.9 Å². The smallest absolute Gasteiger partial charge is 0.309 e. The molecule has 134 valence electrons. The van der Waals surface area contributed by atoms with Crippen LogP contribution < -0.4 is 5.32 Å². The van der Waals surface area contributed by atoms with Crippen LogP contribution in [0.2, 0.25) is 0 Å². The van der Waals surface area contributed by atoms with E-state index in [0.29, 0.717) is 5.56 Å². The van der Waals surface area contributed by atoms with E-state index in [1.165, 1.54) is 26.2 Å². The van der Waals surface area contributed by atoms with E-state index in [4.69, 9.17) is 4.42 Å². The molecular weight excluding hydrogens is 344 g/mol. The van der Waals surface area contributed by atoms with Gasteiger partial charge in [0.05, 0.1) is 4.90 Å². The molecule has 0 atom stereocenters. The molecule has 0 saturated heterocycles. The van der Waals surface area contributed by atoms with E-state index in [0.717, 1.165) is 30.0 Å². The number of aromatic nitrogens is 2. The minimum absolute atomic E-state index is 0.0908. The van der Waals surface area contributed by atoms with Crippen LogP contribution in [0.5, 0.6) is 0 Å². The van der Waals surface area contributed by atoms with Crippen molar-refractivity contribution in [3.8, 4) is 11.5 Å². The normalized spacial score (nSPS) is 15.6. The molecule has 1 saturated carbocycles. The first-order valence-corrected chi connectivity index (χ1v) is 9.49. The van der Waals surface area contributed by atoms with Crippen LogP contribution in [0, 0.1) is 0 Å². The van der Waals surface area contributed by atoms with Crippen LogP contribution in [0.15, 0.2) is 33.6 Å². The summed E-state index contributed by atoms with van der Waals surface area (Å²) in [5.41, 5.74) is 0.546. The summed E-state index contributed by atoms with van der Waals surface area (Å²) >= 11 is 0. The monoisotopic (exact) mass is 364 g/mol. The second-order valence-electron chi connectivity index (χ2n) is 6.18. The van der Waals surface area contributed by atoms with E-state index < -0.39 is 10.0 Å². The Morgan fingerprint density at radius 3 is 2.40 bits per heavy atom. The van der Waals surface area contributed by atoms with Gasteiger partial charge < -0.3 is 9.73 Å². The number of nitrogens with one attached hydrogen (secondary N) is 1. The number of rotatable bonds is 5. The fourth-order valence-corrected chi connectivity index (χ4v) is 3.63. The number of benzene rings is 1. The molecule has 2 aromatic rings. The maximum absolute atomic E-state index is 12.1. The predicted octanol–water partition coefficient (Wildman–Crippen LogP) is 1.66. The minimum atomic E-state index is -3.49. The average Bonchev–Trinajstić information content (AvgIpc) is 3.26. The van der Waals surface area contributed by atoms with Crippen molar-refractivity contribution in [1.29, 1.82) is 0 Å². The zero-order chi connectivity index (χ0) is 18.0. The Kier molecular flexibility index (Phi) is 4.87. The largest absolute Gasteiger partial charge is 0.412 e. The van der Waals surface area contributed by atoms with Gasteiger partial charge in [-0.25, -0.2) is 12.7 Å². The summed E-state index contributed by atoms with van der Waals surface area (Å²) in [6, 6.07) is 6.24. The molecule has 1 N–H and O–H groups in total.